The molecule has 48 heavy (non-hydrogen) atoms. The SMILES string of the molecule is NN(c1ccccc1)C1CCCC2C3NC4NC(NC5NC(NC6NC(NC(N3)C21)C1CCCCC61)C1CCCCC51)C1CCCCC41. The monoisotopic (exact) mass is 659 g/mol. The maximum absolute atomic E-state index is 7.10. The van der Waals surface area contributed by atoms with Crippen LogP contribution < -0.4 is 53.4 Å². The number of benzene rings is 1. The van der Waals surface area contributed by atoms with Crippen molar-refractivity contribution in [2.45, 2.75) is 152 Å². The lowest BCUT2D eigenvalue weighted by Crippen LogP contribution is -2.62. The number of hydrogen-bond acceptors (Lipinski definition) is 10. The molecule has 5 heterocycles. The van der Waals surface area contributed by atoms with Gasteiger partial charge in [0.05, 0.1) is 61.1 Å². The van der Waals surface area contributed by atoms with Gasteiger partial charge in [0.15, 0.2) is 0 Å². The van der Waals surface area contributed by atoms with E-state index in [0.29, 0.717) is 90.4 Å². The topological polar surface area (TPSA) is 126 Å². The third kappa shape index (κ3) is 5.39. The maximum Gasteiger partial charge on any atom is 0.0649 e. The molecule has 10 rings (SSSR count). The predicted octanol–water partition coefficient (Wildman–Crippen LogP) is 2.96. The minimum absolute atomic E-state index is 0.202. The van der Waals surface area contributed by atoms with Crippen molar-refractivity contribution in [3.63, 3.8) is 0 Å². The van der Waals surface area contributed by atoms with Crippen LogP contribution in [0.1, 0.15) is 96.3 Å². The zero-order chi connectivity index (χ0) is 31.8. The molecule has 1 aromatic carbocycles. The van der Waals surface area contributed by atoms with E-state index in [4.69, 9.17) is 5.84 Å². The zero-order valence-corrected chi connectivity index (χ0v) is 28.8. The summed E-state index contributed by atoms with van der Waals surface area (Å²) in [5.74, 6) is 12.1. The van der Waals surface area contributed by atoms with E-state index < -0.39 is 0 Å². The van der Waals surface area contributed by atoms with Gasteiger partial charge in [-0.25, -0.2) is 5.84 Å². The number of para-hydroxylation sites is 1. The molecule has 0 spiro atoms. The second-order valence-electron chi connectivity index (χ2n) is 17.5. The Morgan fingerprint density at radius 1 is 0.396 bits per heavy atom. The lowest BCUT2D eigenvalue weighted by atomic mass is 9.74. The Labute approximate surface area is 288 Å². The Kier molecular flexibility index (Phi) is 8.51. The number of fused-ring (bicyclic) bond motifs is 20. The Bertz CT molecular complexity index is 1270. The lowest BCUT2D eigenvalue weighted by molar-refractivity contribution is 0.153. The molecule has 4 saturated carbocycles. The number of nitrogens with zero attached hydrogens (tertiary/aromatic N) is 1. The molecule has 10 nitrogen and oxygen atoms in total. The van der Waals surface area contributed by atoms with E-state index in [0.717, 1.165) is 12.1 Å². The summed E-state index contributed by atoms with van der Waals surface area (Å²) in [5.41, 5.74) is 1.13. The second-order valence-corrected chi connectivity index (χ2v) is 17.5. The lowest BCUT2D eigenvalue weighted by Gasteiger charge is -2.43. The summed E-state index contributed by atoms with van der Waals surface area (Å²) in [6.45, 7) is 0. The fraction of sp³-hybridized carbons (Fsp3) is 0.842. The molecule has 0 aromatic heterocycles. The molecule has 17 atom stereocenters. The minimum Gasteiger partial charge on any atom is -0.308 e. The van der Waals surface area contributed by atoms with E-state index in [1.807, 2.05) is 0 Å². The van der Waals surface area contributed by atoms with Crippen LogP contribution in [0.4, 0.5) is 5.69 Å². The van der Waals surface area contributed by atoms with Crippen molar-refractivity contribution in [1.82, 2.24) is 42.5 Å². The Morgan fingerprint density at radius 3 is 1.12 bits per heavy atom. The predicted molar refractivity (Wildman–Crippen MR) is 189 cm³/mol. The molecule has 10 N–H and O–H groups in total. The van der Waals surface area contributed by atoms with Crippen LogP contribution in [0.2, 0.25) is 0 Å². The summed E-state index contributed by atoms with van der Waals surface area (Å²) in [4.78, 5) is 0. The summed E-state index contributed by atoms with van der Waals surface area (Å²) >= 11 is 0. The average Bonchev–Trinajstić information content (AvgIpc) is 3.87. The van der Waals surface area contributed by atoms with Crippen LogP contribution in [-0.4, -0.2) is 55.4 Å². The van der Waals surface area contributed by atoms with Crippen LogP contribution in [0.5, 0.6) is 0 Å². The van der Waals surface area contributed by atoms with E-state index in [9.17, 15) is 0 Å². The molecule has 5 saturated heterocycles. The minimum atomic E-state index is 0.202. The summed E-state index contributed by atoms with van der Waals surface area (Å²) in [7, 11) is 0. The summed E-state index contributed by atoms with van der Waals surface area (Å²) in [5, 5.41) is 36.2. The van der Waals surface area contributed by atoms with Gasteiger partial charge in [-0.15, -0.1) is 0 Å². The van der Waals surface area contributed by atoms with E-state index in [-0.39, 0.29) is 12.3 Å². The van der Waals surface area contributed by atoms with Crippen molar-refractivity contribution in [2.24, 2.45) is 53.2 Å². The van der Waals surface area contributed by atoms with E-state index in [2.05, 4.69) is 77.9 Å². The quantitative estimate of drug-likeness (QED) is 0.173. The molecule has 9 fully saturated rings. The van der Waals surface area contributed by atoms with Gasteiger partial charge in [-0.3, -0.25) is 42.5 Å². The standard InChI is InChI=1S/C38H62N10/c39-48(21-11-2-1-3-12-21)29-20-10-19-28-30(29)38-46-36-27-18-9-8-17-26(27)34(44-36)42-32-23-14-5-4-13-22(23)31(40-32)41-33-24-15-6-7-16-25(24)35(43-33)45-37(28)47-38/h1-3,11-12,22-38,40-47H,4-10,13-20,39H2. The molecule has 0 radical (unpaired) electrons. The van der Waals surface area contributed by atoms with Crippen LogP contribution >= 0.6 is 0 Å². The first-order chi connectivity index (χ1) is 23.7. The van der Waals surface area contributed by atoms with Gasteiger partial charge in [-0.2, -0.15) is 0 Å². The molecule has 10 heteroatoms. The summed E-state index contributed by atoms with van der Waals surface area (Å²) in [6.07, 6.45) is 22.4. The maximum atomic E-state index is 7.10. The second kappa shape index (κ2) is 13.0. The summed E-state index contributed by atoms with van der Waals surface area (Å²) < 4.78 is 0. The number of nitrogens with two attached hydrogens (primary N) is 1. The van der Waals surface area contributed by atoms with E-state index >= 15 is 0 Å². The summed E-state index contributed by atoms with van der Waals surface area (Å²) in [6, 6.07) is 11.0. The van der Waals surface area contributed by atoms with Crippen molar-refractivity contribution in [3.8, 4) is 0 Å². The Balaban J connectivity index is 1.00. The van der Waals surface area contributed by atoms with E-state index in [1.54, 1.807) is 0 Å². The Morgan fingerprint density at radius 2 is 0.729 bits per heavy atom. The van der Waals surface area contributed by atoms with Crippen LogP contribution in [0.25, 0.3) is 0 Å². The fourth-order valence-corrected chi connectivity index (χ4v) is 13.1. The molecule has 4 aliphatic carbocycles. The average molecular weight is 659 g/mol. The molecule has 264 valence electrons. The van der Waals surface area contributed by atoms with Gasteiger partial charge in [0.1, 0.15) is 0 Å². The van der Waals surface area contributed by atoms with Gasteiger partial charge >= 0.3 is 0 Å². The van der Waals surface area contributed by atoms with Gasteiger partial charge in [0.25, 0.3) is 0 Å². The van der Waals surface area contributed by atoms with Crippen LogP contribution in [0.15, 0.2) is 30.3 Å². The van der Waals surface area contributed by atoms with Crippen molar-refractivity contribution in [1.29, 1.82) is 0 Å². The number of nitrogens with one attached hydrogen (secondary N) is 8. The van der Waals surface area contributed by atoms with Gasteiger partial charge in [0, 0.05) is 5.92 Å². The fourth-order valence-electron chi connectivity index (χ4n) is 13.1. The van der Waals surface area contributed by atoms with Crippen LogP contribution in [-0.2, 0) is 0 Å². The largest absolute Gasteiger partial charge is 0.308 e. The third-order valence-electron chi connectivity index (χ3n) is 15.3. The normalized spacial score (nSPS) is 51.4. The van der Waals surface area contributed by atoms with Crippen molar-refractivity contribution < 1.29 is 0 Å². The molecule has 8 bridgehead atoms. The van der Waals surface area contributed by atoms with Gasteiger partial charge in [0.2, 0.25) is 0 Å². The Hall–Kier alpha value is -1.34. The van der Waals surface area contributed by atoms with Crippen molar-refractivity contribution in [3.05, 3.63) is 30.3 Å². The number of hydrogen-bond donors (Lipinski definition) is 9. The van der Waals surface area contributed by atoms with E-state index in [1.165, 1.54) is 89.9 Å². The van der Waals surface area contributed by atoms with Crippen molar-refractivity contribution in [2.75, 3.05) is 5.01 Å². The molecular formula is C38H62N10. The number of hydrazine groups is 1. The first-order valence-corrected chi connectivity index (χ1v) is 20.4. The van der Waals surface area contributed by atoms with Crippen molar-refractivity contribution >= 4 is 5.69 Å². The zero-order valence-electron chi connectivity index (χ0n) is 28.8. The number of rotatable bonds is 2. The van der Waals surface area contributed by atoms with Gasteiger partial charge in [-0.1, -0.05) is 63.1 Å². The molecule has 9 aliphatic rings. The molecule has 17 unspecified atom stereocenters. The highest BCUT2D eigenvalue weighted by Crippen LogP contribution is 2.46. The smallest absolute Gasteiger partial charge is 0.0649 e. The molecule has 1 aromatic rings. The highest BCUT2D eigenvalue weighted by atomic mass is 15.5. The first kappa shape index (κ1) is 31.4. The third-order valence-corrected chi connectivity index (χ3v) is 15.3. The van der Waals surface area contributed by atoms with Gasteiger partial charge < -0.3 is 5.01 Å². The van der Waals surface area contributed by atoms with Crippen LogP contribution in [0.3, 0.4) is 0 Å². The molecular weight excluding hydrogens is 596 g/mol. The van der Waals surface area contributed by atoms with Crippen LogP contribution in [0, 0.1) is 47.3 Å². The highest BCUT2D eigenvalue weighted by molar-refractivity contribution is 5.46. The molecule has 5 aliphatic heterocycles. The van der Waals surface area contributed by atoms with Gasteiger partial charge in [-0.05, 0) is 105 Å². The molecule has 0 amide bonds. The highest BCUT2D eigenvalue weighted by Gasteiger charge is 2.56. The first-order valence-electron chi connectivity index (χ1n) is 20.4. The number of anilines is 1.